The smallest absolute Gasteiger partial charge is 0.302 e. The Balaban J connectivity index is 1.63. The maximum Gasteiger partial charge on any atom is 0.302 e. The Morgan fingerprint density at radius 2 is 2.04 bits per heavy atom. The molecular formula is C20H29BrO4. The third kappa shape index (κ3) is 2.81. The lowest BCUT2D eigenvalue weighted by Gasteiger charge is -2.57. The monoisotopic (exact) mass is 412 g/mol. The fraction of sp³-hybridized carbons (Fsp3) is 0.850. The van der Waals surface area contributed by atoms with E-state index in [1.165, 1.54) is 12.5 Å². The first-order chi connectivity index (χ1) is 11.8. The van der Waals surface area contributed by atoms with E-state index in [0.29, 0.717) is 24.2 Å². The van der Waals surface area contributed by atoms with Crippen molar-refractivity contribution in [3.05, 3.63) is 11.6 Å². The molecule has 4 aliphatic carbocycles. The van der Waals surface area contributed by atoms with Crippen LogP contribution in [0.4, 0.5) is 0 Å². The number of fused-ring (bicyclic) bond motifs is 5. The third-order valence-corrected chi connectivity index (χ3v) is 8.57. The summed E-state index contributed by atoms with van der Waals surface area (Å²) in [6.45, 7) is 3.83. The number of carbonyl (C=O) groups is 1. The van der Waals surface area contributed by atoms with E-state index in [9.17, 15) is 15.0 Å². The molecule has 0 spiro atoms. The second-order valence-corrected chi connectivity index (χ2v) is 10.1. The van der Waals surface area contributed by atoms with E-state index in [4.69, 9.17) is 4.74 Å². The molecule has 0 aromatic rings. The zero-order valence-corrected chi connectivity index (χ0v) is 16.6. The summed E-state index contributed by atoms with van der Waals surface area (Å²) in [4.78, 5) is 11.7. The number of ether oxygens (including phenoxy) is 1. The summed E-state index contributed by atoms with van der Waals surface area (Å²) < 4.78 is 5.64. The van der Waals surface area contributed by atoms with Gasteiger partial charge in [0.25, 0.3) is 0 Å². The molecule has 0 amide bonds. The molecule has 4 rings (SSSR count). The molecule has 5 heteroatoms. The SMILES string of the molecule is CC(=O)O[C@H]1[C@H](Br)CC2C3C(O)CC4=C[C@@H](O)CC[C@]4(C)C3CC[C@@H]21. The number of carbonyl (C=O) groups excluding carboxylic acids is 1. The van der Waals surface area contributed by atoms with Crippen LogP contribution in [0.3, 0.4) is 0 Å². The van der Waals surface area contributed by atoms with Crippen molar-refractivity contribution in [2.24, 2.45) is 29.1 Å². The highest BCUT2D eigenvalue weighted by Crippen LogP contribution is 2.62. The van der Waals surface area contributed by atoms with Crippen LogP contribution in [0.25, 0.3) is 0 Å². The highest BCUT2D eigenvalue weighted by Gasteiger charge is 2.59. The van der Waals surface area contributed by atoms with Gasteiger partial charge in [0.1, 0.15) is 6.10 Å². The number of aliphatic hydroxyl groups is 2. The molecule has 4 unspecified atom stereocenters. The molecule has 0 saturated heterocycles. The summed E-state index contributed by atoms with van der Waals surface area (Å²) in [5.41, 5.74) is 1.37. The normalized spacial score (nSPS) is 51.8. The molecule has 3 saturated carbocycles. The van der Waals surface area contributed by atoms with E-state index >= 15 is 0 Å². The Morgan fingerprint density at radius 1 is 1.28 bits per heavy atom. The van der Waals surface area contributed by atoms with Crippen LogP contribution < -0.4 is 0 Å². The van der Waals surface area contributed by atoms with Crippen molar-refractivity contribution in [1.82, 2.24) is 0 Å². The molecule has 0 bridgehead atoms. The largest absolute Gasteiger partial charge is 0.461 e. The Labute approximate surface area is 158 Å². The first kappa shape index (κ1) is 18.0. The van der Waals surface area contributed by atoms with Crippen molar-refractivity contribution < 1.29 is 19.7 Å². The highest BCUT2D eigenvalue weighted by atomic mass is 79.9. The van der Waals surface area contributed by atoms with Gasteiger partial charge in [-0.2, -0.15) is 0 Å². The van der Waals surface area contributed by atoms with Crippen molar-refractivity contribution in [1.29, 1.82) is 0 Å². The maximum absolute atomic E-state index is 11.5. The lowest BCUT2D eigenvalue weighted by molar-refractivity contribution is -0.151. The average molecular weight is 413 g/mol. The van der Waals surface area contributed by atoms with Gasteiger partial charge in [-0.3, -0.25) is 4.79 Å². The molecule has 0 heterocycles. The topological polar surface area (TPSA) is 66.8 Å². The molecule has 25 heavy (non-hydrogen) atoms. The number of rotatable bonds is 1. The molecule has 0 aliphatic heterocycles. The van der Waals surface area contributed by atoms with E-state index in [1.807, 2.05) is 6.08 Å². The standard InChI is InChI=1S/C20H29BrO4/c1-10(22)25-19-13-3-4-15-18(14(13)9-16(19)21)17(24)8-11-7-12(23)5-6-20(11,15)2/h7,12-19,23-24H,3-6,8-9H2,1-2H3/t12-,13-,14?,15?,16+,17?,18?,19+,20-/m0/s1. The van der Waals surface area contributed by atoms with Gasteiger partial charge in [-0.1, -0.05) is 34.5 Å². The van der Waals surface area contributed by atoms with Gasteiger partial charge in [0.15, 0.2) is 0 Å². The third-order valence-electron chi connectivity index (χ3n) is 7.68. The van der Waals surface area contributed by atoms with Crippen molar-refractivity contribution in [3.8, 4) is 0 Å². The number of hydrogen-bond acceptors (Lipinski definition) is 4. The lowest BCUT2D eigenvalue weighted by atomic mass is 9.49. The van der Waals surface area contributed by atoms with E-state index in [1.54, 1.807) is 0 Å². The van der Waals surface area contributed by atoms with Crippen LogP contribution in [-0.4, -0.2) is 39.3 Å². The lowest BCUT2D eigenvalue weighted by Crippen LogP contribution is -2.53. The van der Waals surface area contributed by atoms with Crippen molar-refractivity contribution >= 4 is 21.9 Å². The molecular weight excluding hydrogens is 384 g/mol. The number of hydrogen-bond donors (Lipinski definition) is 2. The van der Waals surface area contributed by atoms with Gasteiger partial charge in [0, 0.05) is 12.8 Å². The zero-order chi connectivity index (χ0) is 17.9. The molecule has 4 aliphatic rings. The van der Waals surface area contributed by atoms with Gasteiger partial charge in [-0.25, -0.2) is 0 Å². The number of aliphatic hydroxyl groups excluding tert-OH is 2. The fourth-order valence-electron chi connectivity index (χ4n) is 6.61. The van der Waals surface area contributed by atoms with Crippen LogP contribution in [-0.2, 0) is 9.53 Å². The molecule has 2 N–H and O–H groups in total. The Kier molecular flexibility index (Phi) is 4.57. The average Bonchev–Trinajstić information content (AvgIpc) is 2.85. The minimum atomic E-state index is -0.352. The minimum absolute atomic E-state index is 0.0615. The summed E-state index contributed by atoms with van der Waals surface area (Å²) in [5, 5.41) is 21.0. The van der Waals surface area contributed by atoms with Crippen LogP contribution in [0.2, 0.25) is 0 Å². The molecule has 140 valence electrons. The molecule has 0 radical (unpaired) electrons. The second-order valence-electron chi connectivity index (χ2n) is 8.90. The summed E-state index contributed by atoms with van der Waals surface area (Å²) >= 11 is 3.75. The van der Waals surface area contributed by atoms with Gasteiger partial charge < -0.3 is 14.9 Å². The van der Waals surface area contributed by atoms with Gasteiger partial charge in [0.2, 0.25) is 0 Å². The molecule has 4 nitrogen and oxygen atoms in total. The van der Waals surface area contributed by atoms with Crippen LogP contribution in [0.15, 0.2) is 11.6 Å². The first-order valence-electron chi connectivity index (χ1n) is 9.70. The molecule has 0 aromatic carbocycles. The van der Waals surface area contributed by atoms with Crippen LogP contribution in [0, 0.1) is 29.1 Å². The summed E-state index contributed by atoms with van der Waals surface area (Å²) in [7, 11) is 0. The first-order valence-corrected chi connectivity index (χ1v) is 10.6. The number of halogens is 1. The van der Waals surface area contributed by atoms with Crippen molar-refractivity contribution in [2.75, 3.05) is 0 Å². The van der Waals surface area contributed by atoms with Crippen LogP contribution in [0.1, 0.15) is 52.4 Å². The molecule has 0 aromatic heterocycles. The van der Waals surface area contributed by atoms with Gasteiger partial charge in [-0.15, -0.1) is 0 Å². The predicted molar refractivity (Wildman–Crippen MR) is 98.1 cm³/mol. The van der Waals surface area contributed by atoms with Gasteiger partial charge in [0.05, 0.1) is 17.0 Å². The quantitative estimate of drug-likeness (QED) is 0.394. The number of alkyl halides is 1. The molecule has 9 atom stereocenters. The maximum atomic E-state index is 11.5. The number of esters is 1. The fourth-order valence-corrected chi connectivity index (χ4v) is 7.55. The van der Waals surface area contributed by atoms with Gasteiger partial charge >= 0.3 is 5.97 Å². The van der Waals surface area contributed by atoms with Gasteiger partial charge in [-0.05, 0) is 61.7 Å². The summed E-state index contributed by atoms with van der Waals surface area (Å²) in [6.07, 6.45) is 6.87. The Morgan fingerprint density at radius 3 is 2.76 bits per heavy atom. The van der Waals surface area contributed by atoms with E-state index in [2.05, 4.69) is 22.9 Å². The Hall–Kier alpha value is -0.390. The van der Waals surface area contributed by atoms with Crippen molar-refractivity contribution in [3.63, 3.8) is 0 Å². The zero-order valence-electron chi connectivity index (χ0n) is 15.0. The van der Waals surface area contributed by atoms with E-state index in [0.717, 1.165) is 32.1 Å². The van der Waals surface area contributed by atoms with Crippen LogP contribution >= 0.6 is 15.9 Å². The highest BCUT2D eigenvalue weighted by molar-refractivity contribution is 9.09. The summed E-state index contributed by atoms with van der Waals surface area (Å²) in [6, 6.07) is 0. The van der Waals surface area contributed by atoms with Crippen molar-refractivity contribution in [2.45, 2.75) is 75.5 Å². The Bertz CT molecular complexity index is 590. The summed E-state index contributed by atoms with van der Waals surface area (Å²) in [5.74, 6) is 1.30. The van der Waals surface area contributed by atoms with E-state index < -0.39 is 0 Å². The van der Waals surface area contributed by atoms with E-state index in [-0.39, 0.29) is 40.4 Å². The predicted octanol–water partition coefficient (Wildman–Crippen LogP) is 3.20. The minimum Gasteiger partial charge on any atom is -0.461 e. The second kappa shape index (κ2) is 6.35. The van der Waals surface area contributed by atoms with Crippen LogP contribution in [0.5, 0.6) is 0 Å². The molecule has 3 fully saturated rings.